The third-order valence-electron chi connectivity index (χ3n) is 3.14. The molecule has 0 spiro atoms. The maximum Gasteiger partial charge on any atom is 0.259 e. The molecule has 1 heterocycles. The first-order valence-electron chi connectivity index (χ1n) is 6.16. The Bertz CT molecular complexity index is 890. The Balaban J connectivity index is 2.26. The van der Waals surface area contributed by atoms with E-state index in [0.29, 0.717) is 28.0 Å². The molecule has 0 amide bonds. The predicted octanol–water partition coefficient (Wildman–Crippen LogP) is 3.07. The number of methoxy groups -OCH3 is 1. The molecule has 3 aromatic rings. The normalized spacial score (nSPS) is 10.8. The number of phenolic OH excluding ortho intramolecular Hbond substituents is 1. The molecule has 3 rings (SSSR count). The van der Waals surface area contributed by atoms with Crippen LogP contribution in [0.1, 0.15) is 0 Å². The SMILES string of the molecule is COc1cc(-c2nc3c(Br)cccc3c(=O)[nH]2)ccc1O. The monoisotopic (exact) mass is 346 g/mol. The molecule has 0 saturated carbocycles. The van der Waals surface area contributed by atoms with Gasteiger partial charge in [0.25, 0.3) is 5.56 Å². The topological polar surface area (TPSA) is 75.2 Å². The van der Waals surface area contributed by atoms with Crippen molar-refractivity contribution in [1.82, 2.24) is 9.97 Å². The third kappa shape index (κ3) is 2.38. The van der Waals surface area contributed by atoms with E-state index in [0.717, 1.165) is 4.47 Å². The number of halogens is 1. The van der Waals surface area contributed by atoms with Gasteiger partial charge in [-0.1, -0.05) is 6.07 Å². The predicted molar refractivity (Wildman–Crippen MR) is 83.7 cm³/mol. The average molecular weight is 347 g/mol. The van der Waals surface area contributed by atoms with Crippen molar-refractivity contribution in [1.29, 1.82) is 0 Å². The maximum absolute atomic E-state index is 12.1. The zero-order valence-corrected chi connectivity index (χ0v) is 12.6. The summed E-state index contributed by atoms with van der Waals surface area (Å²) in [7, 11) is 1.46. The Kier molecular flexibility index (Phi) is 3.39. The molecule has 2 N–H and O–H groups in total. The van der Waals surface area contributed by atoms with Gasteiger partial charge in [-0.3, -0.25) is 4.79 Å². The van der Waals surface area contributed by atoms with Gasteiger partial charge in [0.05, 0.1) is 18.0 Å². The number of ether oxygens (including phenoxy) is 1. The van der Waals surface area contributed by atoms with Crippen molar-refractivity contribution < 1.29 is 9.84 Å². The number of hydrogen-bond donors (Lipinski definition) is 2. The van der Waals surface area contributed by atoms with Crippen molar-refractivity contribution in [2.75, 3.05) is 7.11 Å². The molecule has 0 bridgehead atoms. The van der Waals surface area contributed by atoms with Gasteiger partial charge >= 0.3 is 0 Å². The van der Waals surface area contributed by atoms with Crippen LogP contribution in [0, 0.1) is 0 Å². The number of fused-ring (bicyclic) bond motifs is 1. The van der Waals surface area contributed by atoms with Gasteiger partial charge in [0, 0.05) is 10.0 Å². The highest BCUT2D eigenvalue weighted by Gasteiger charge is 2.10. The first-order chi connectivity index (χ1) is 10.1. The first-order valence-corrected chi connectivity index (χ1v) is 6.95. The van der Waals surface area contributed by atoms with E-state index in [1.54, 1.807) is 24.3 Å². The van der Waals surface area contributed by atoms with E-state index < -0.39 is 0 Å². The lowest BCUT2D eigenvalue weighted by Crippen LogP contribution is -2.09. The van der Waals surface area contributed by atoms with E-state index in [9.17, 15) is 9.90 Å². The number of phenols is 1. The second-order valence-corrected chi connectivity index (χ2v) is 5.29. The van der Waals surface area contributed by atoms with Gasteiger partial charge in [-0.15, -0.1) is 0 Å². The summed E-state index contributed by atoms with van der Waals surface area (Å²) in [5, 5.41) is 10.1. The van der Waals surface area contributed by atoms with Crippen LogP contribution < -0.4 is 10.3 Å². The van der Waals surface area contributed by atoms with Crippen LogP contribution >= 0.6 is 15.9 Å². The molecule has 2 aromatic carbocycles. The molecule has 0 saturated heterocycles. The number of nitrogens with zero attached hydrogens (tertiary/aromatic N) is 1. The van der Waals surface area contributed by atoms with Crippen LogP contribution in [0.3, 0.4) is 0 Å². The Morgan fingerprint density at radius 1 is 1.29 bits per heavy atom. The van der Waals surface area contributed by atoms with E-state index in [2.05, 4.69) is 25.9 Å². The zero-order valence-electron chi connectivity index (χ0n) is 11.1. The molecular formula is C15H11BrN2O3. The zero-order chi connectivity index (χ0) is 15.0. The smallest absolute Gasteiger partial charge is 0.259 e. The van der Waals surface area contributed by atoms with Crippen LogP contribution in [-0.2, 0) is 0 Å². The van der Waals surface area contributed by atoms with Crippen molar-refractivity contribution >= 4 is 26.8 Å². The second-order valence-electron chi connectivity index (χ2n) is 4.44. The van der Waals surface area contributed by atoms with Gasteiger partial charge < -0.3 is 14.8 Å². The number of aromatic hydroxyl groups is 1. The number of H-pyrrole nitrogens is 1. The number of hydrogen-bond acceptors (Lipinski definition) is 4. The van der Waals surface area contributed by atoms with E-state index >= 15 is 0 Å². The third-order valence-corrected chi connectivity index (χ3v) is 3.78. The van der Waals surface area contributed by atoms with Gasteiger partial charge in [0.1, 0.15) is 5.82 Å². The van der Waals surface area contributed by atoms with Crippen LogP contribution in [-0.4, -0.2) is 22.2 Å². The Morgan fingerprint density at radius 3 is 2.86 bits per heavy atom. The number of rotatable bonds is 2. The van der Waals surface area contributed by atoms with Crippen LogP contribution in [0.4, 0.5) is 0 Å². The largest absolute Gasteiger partial charge is 0.504 e. The summed E-state index contributed by atoms with van der Waals surface area (Å²) in [6.45, 7) is 0. The molecule has 6 heteroatoms. The van der Waals surface area contributed by atoms with E-state index in [1.165, 1.54) is 13.2 Å². The van der Waals surface area contributed by atoms with Gasteiger partial charge in [0.2, 0.25) is 0 Å². The quantitative estimate of drug-likeness (QED) is 0.747. The highest BCUT2D eigenvalue weighted by atomic mass is 79.9. The lowest BCUT2D eigenvalue weighted by molar-refractivity contribution is 0.373. The number of benzene rings is 2. The molecule has 0 aliphatic rings. The fraction of sp³-hybridized carbons (Fsp3) is 0.0667. The van der Waals surface area contributed by atoms with E-state index in [4.69, 9.17) is 4.74 Å². The fourth-order valence-electron chi connectivity index (χ4n) is 2.09. The van der Waals surface area contributed by atoms with Crippen LogP contribution in [0.2, 0.25) is 0 Å². The molecule has 21 heavy (non-hydrogen) atoms. The van der Waals surface area contributed by atoms with E-state index in [1.807, 2.05) is 6.07 Å². The van der Waals surface area contributed by atoms with Gasteiger partial charge in [0.15, 0.2) is 11.5 Å². The van der Waals surface area contributed by atoms with Crippen molar-refractivity contribution in [2.45, 2.75) is 0 Å². The molecule has 1 aromatic heterocycles. The second kappa shape index (κ2) is 5.21. The standard InChI is InChI=1S/C15H11BrN2O3/c1-21-12-7-8(5-6-11(12)19)14-17-13-9(15(20)18-14)3-2-4-10(13)16/h2-7,19H,1H3,(H,17,18,20). The first kappa shape index (κ1) is 13.6. The molecule has 0 aliphatic heterocycles. The molecule has 0 unspecified atom stereocenters. The van der Waals surface area contributed by atoms with Gasteiger partial charge in [-0.25, -0.2) is 4.98 Å². The van der Waals surface area contributed by atoms with Crippen LogP contribution in [0.25, 0.3) is 22.3 Å². The lowest BCUT2D eigenvalue weighted by atomic mass is 10.1. The minimum atomic E-state index is -0.219. The Morgan fingerprint density at radius 2 is 2.10 bits per heavy atom. The van der Waals surface area contributed by atoms with Gasteiger partial charge in [-0.05, 0) is 46.3 Å². The molecule has 5 nitrogen and oxygen atoms in total. The molecule has 0 atom stereocenters. The van der Waals surface area contributed by atoms with Crippen LogP contribution in [0.5, 0.6) is 11.5 Å². The highest BCUT2D eigenvalue weighted by Crippen LogP contribution is 2.30. The van der Waals surface area contributed by atoms with Crippen LogP contribution in [0.15, 0.2) is 45.7 Å². The van der Waals surface area contributed by atoms with Crippen molar-refractivity contribution in [3.63, 3.8) is 0 Å². The summed E-state index contributed by atoms with van der Waals surface area (Å²) in [5.74, 6) is 0.769. The number of nitrogens with one attached hydrogen (secondary N) is 1. The summed E-state index contributed by atoms with van der Waals surface area (Å²) in [6.07, 6.45) is 0. The molecule has 0 radical (unpaired) electrons. The maximum atomic E-state index is 12.1. The van der Waals surface area contributed by atoms with Crippen molar-refractivity contribution in [3.8, 4) is 22.9 Å². The summed E-state index contributed by atoms with van der Waals surface area (Å²) < 4.78 is 5.82. The van der Waals surface area contributed by atoms with Gasteiger partial charge in [-0.2, -0.15) is 0 Å². The minimum Gasteiger partial charge on any atom is -0.504 e. The Labute approximate surface area is 128 Å². The number of para-hydroxylation sites is 1. The summed E-state index contributed by atoms with van der Waals surface area (Å²) in [4.78, 5) is 19.4. The lowest BCUT2D eigenvalue weighted by Gasteiger charge is -2.07. The van der Waals surface area contributed by atoms with E-state index in [-0.39, 0.29) is 11.3 Å². The molecule has 106 valence electrons. The number of aromatic nitrogens is 2. The highest BCUT2D eigenvalue weighted by molar-refractivity contribution is 9.10. The molecule has 0 fully saturated rings. The van der Waals surface area contributed by atoms with Crippen molar-refractivity contribution in [3.05, 3.63) is 51.2 Å². The minimum absolute atomic E-state index is 0.0329. The summed E-state index contributed by atoms with van der Waals surface area (Å²) in [5.41, 5.74) is 1.02. The summed E-state index contributed by atoms with van der Waals surface area (Å²) in [6, 6.07) is 10.1. The molecular weight excluding hydrogens is 336 g/mol. The average Bonchev–Trinajstić information content (AvgIpc) is 2.48. The fourth-order valence-corrected chi connectivity index (χ4v) is 2.54. The Hall–Kier alpha value is -2.34. The summed E-state index contributed by atoms with van der Waals surface area (Å²) >= 11 is 3.40. The molecule has 0 aliphatic carbocycles. The number of aromatic amines is 1. The van der Waals surface area contributed by atoms with Crippen molar-refractivity contribution in [2.24, 2.45) is 0 Å².